The minimum atomic E-state index is 0.0117. The van der Waals surface area contributed by atoms with Gasteiger partial charge in [0.1, 0.15) is 0 Å². The van der Waals surface area contributed by atoms with E-state index < -0.39 is 0 Å². The molecule has 8 heteroatoms. The standard InChI is InChI=1S/C16H27N7O/c1-13(2)14(24)18-7-8-21-15(17-3)22-9-11-23(12-10-22)16-19-5-4-6-20-16/h4-6,13H,7-12H2,1-3H3,(H,17,21)(H,18,24). The monoisotopic (exact) mass is 333 g/mol. The van der Waals surface area contributed by atoms with Crippen molar-refractivity contribution in [2.75, 3.05) is 51.2 Å². The van der Waals surface area contributed by atoms with Crippen molar-refractivity contribution < 1.29 is 4.79 Å². The molecule has 2 rings (SSSR count). The number of hydrogen-bond donors (Lipinski definition) is 2. The van der Waals surface area contributed by atoms with Crippen LogP contribution in [0.1, 0.15) is 13.8 Å². The van der Waals surface area contributed by atoms with Crippen molar-refractivity contribution in [3.8, 4) is 0 Å². The number of aromatic nitrogens is 2. The van der Waals surface area contributed by atoms with E-state index >= 15 is 0 Å². The van der Waals surface area contributed by atoms with Crippen LogP contribution in [0, 0.1) is 5.92 Å². The molecule has 0 atom stereocenters. The summed E-state index contributed by atoms with van der Waals surface area (Å²) in [5.74, 6) is 1.72. The summed E-state index contributed by atoms with van der Waals surface area (Å²) in [5.41, 5.74) is 0. The zero-order valence-electron chi connectivity index (χ0n) is 14.7. The highest BCUT2D eigenvalue weighted by Gasteiger charge is 2.20. The fraction of sp³-hybridized carbons (Fsp3) is 0.625. The fourth-order valence-electron chi connectivity index (χ4n) is 2.47. The molecule has 1 amide bonds. The smallest absolute Gasteiger partial charge is 0.225 e. The Morgan fingerprint density at radius 2 is 1.79 bits per heavy atom. The Morgan fingerprint density at radius 1 is 1.17 bits per heavy atom. The number of hydrogen-bond acceptors (Lipinski definition) is 5. The molecule has 1 aliphatic rings. The summed E-state index contributed by atoms with van der Waals surface area (Å²) in [6.45, 7) is 8.45. The number of carbonyl (C=O) groups is 1. The van der Waals surface area contributed by atoms with Crippen molar-refractivity contribution in [3.05, 3.63) is 18.5 Å². The SMILES string of the molecule is CN=C(NCCNC(=O)C(C)C)N1CCN(c2ncccn2)CC1. The maximum absolute atomic E-state index is 11.5. The molecule has 1 aliphatic heterocycles. The molecule has 1 aromatic rings. The van der Waals surface area contributed by atoms with Crippen molar-refractivity contribution in [1.29, 1.82) is 0 Å². The van der Waals surface area contributed by atoms with Crippen LogP contribution in [0.4, 0.5) is 5.95 Å². The van der Waals surface area contributed by atoms with Crippen LogP contribution in [0.5, 0.6) is 0 Å². The van der Waals surface area contributed by atoms with E-state index in [1.165, 1.54) is 0 Å². The lowest BCUT2D eigenvalue weighted by molar-refractivity contribution is -0.123. The van der Waals surface area contributed by atoms with E-state index in [4.69, 9.17) is 0 Å². The second-order valence-corrected chi connectivity index (χ2v) is 5.94. The fourth-order valence-corrected chi connectivity index (χ4v) is 2.47. The van der Waals surface area contributed by atoms with E-state index in [1.54, 1.807) is 19.4 Å². The molecule has 24 heavy (non-hydrogen) atoms. The third-order valence-corrected chi connectivity index (χ3v) is 3.86. The number of anilines is 1. The van der Waals surface area contributed by atoms with Gasteiger partial charge in [0.15, 0.2) is 5.96 Å². The van der Waals surface area contributed by atoms with Crippen molar-refractivity contribution in [2.24, 2.45) is 10.9 Å². The summed E-state index contributed by atoms with van der Waals surface area (Å²) in [7, 11) is 1.78. The largest absolute Gasteiger partial charge is 0.354 e. The number of carbonyl (C=O) groups excluding carboxylic acids is 1. The lowest BCUT2D eigenvalue weighted by atomic mass is 10.2. The van der Waals surface area contributed by atoms with Gasteiger partial charge in [-0.25, -0.2) is 9.97 Å². The maximum Gasteiger partial charge on any atom is 0.225 e. The Hall–Kier alpha value is -2.38. The number of rotatable bonds is 5. The van der Waals surface area contributed by atoms with E-state index in [1.807, 2.05) is 19.9 Å². The van der Waals surface area contributed by atoms with Gasteiger partial charge in [0.2, 0.25) is 11.9 Å². The average molecular weight is 333 g/mol. The number of nitrogens with one attached hydrogen (secondary N) is 2. The summed E-state index contributed by atoms with van der Waals surface area (Å²) in [6, 6.07) is 1.82. The predicted octanol–water partition coefficient (Wildman–Crippen LogP) is -0.0538. The second kappa shape index (κ2) is 9.05. The number of aliphatic imine (C=N–C) groups is 1. The van der Waals surface area contributed by atoms with E-state index in [0.717, 1.165) is 38.1 Å². The van der Waals surface area contributed by atoms with Crippen LogP contribution in [0.2, 0.25) is 0 Å². The van der Waals surface area contributed by atoms with Gasteiger partial charge in [-0.3, -0.25) is 9.79 Å². The molecule has 2 heterocycles. The summed E-state index contributed by atoms with van der Waals surface area (Å²) in [6.07, 6.45) is 3.53. The highest BCUT2D eigenvalue weighted by atomic mass is 16.1. The number of piperazine rings is 1. The van der Waals surface area contributed by atoms with Crippen LogP contribution in [0.3, 0.4) is 0 Å². The first kappa shape index (κ1) is 18.0. The molecule has 0 aliphatic carbocycles. The van der Waals surface area contributed by atoms with Crippen LogP contribution in [-0.4, -0.2) is 73.1 Å². The minimum absolute atomic E-state index is 0.0117. The molecule has 8 nitrogen and oxygen atoms in total. The lowest BCUT2D eigenvalue weighted by Crippen LogP contribution is -2.53. The van der Waals surface area contributed by atoms with Gasteiger partial charge >= 0.3 is 0 Å². The highest BCUT2D eigenvalue weighted by Crippen LogP contribution is 2.09. The van der Waals surface area contributed by atoms with Gasteiger partial charge in [-0.1, -0.05) is 13.8 Å². The highest BCUT2D eigenvalue weighted by molar-refractivity contribution is 5.80. The molecule has 1 saturated heterocycles. The van der Waals surface area contributed by atoms with Gasteiger partial charge in [0, 0.05) is 64.6 Å². The van der Waals surface area contributed by atoms with Crippen molar-refractivity contribution in [2.45, 2.75) is 13.8 Å². The molecule has 0 radical (unpaired) electrons. The topological polar surface area (TPSA) is 85.8 Å². The second-order valence-electron chi connectivity index (χ2n) is 5.94. The zero-order valence-corrected chi connectivity index (χ0v) is 14.7. The van der Waals surface area contributed by atoms with Gasteiger partial charge < -0.3 is 20.4 Å². The first-order chi connectivity index (χ1) is 11.6. The van der Waals surface area contributed by atoms with Crippen molar-refractivity contribution >= 4 is 17.8 Å². The number of nitrogens with zero attached hydrogens (tertiary/aromatic N) is 5. The molecule has 1 aromatic heterocycles. The molecule has 2 N–H and O–H groups in total. The molecule has 132 valence electrons. The minimum Gasteiger partial charge on any atom is -0.354 e. The third kappa shape index (κ3) is 5.07. The molecule has 0 aromatic carbocycles. The molecule has 0 spiro atoms. The van der Waals surface area contributed by atoms with Gasteiger partial charge in [-0.15, -0.1) is 0 Å². The molecule has 0 unspecified atom stereocenters. The van der Waals surface area contributed by atoms with E-state index in [-0.39, 0.29) is 11.8 Å². The molecular formula is C16H27N7O. The Morgan fingerprint density at radius 3 is 2.38 bits per heavy atom. The molecule has 0 saturated carbocycles. The van der Waals surface area contributed by atoms with Crippen LogP contribution < -0.4 is 15.5 Å². The van der Waals surface area contributed by atoms with Gasteiger partial charge in [-0.2, -0.15) is 0 Å². The number of guanidine groups is 1. The molecular weight excluding hydrogens is 306 g/mol. The first-order valence-corrected chi connectivity index (χ1v) is 8.37. The quantitative estimate of drug-likeness (QED) is 0.446. The van der Waals surface area contributed by atoms with E-state index in [2.05, 4.69) is 35.4 Å². The number of amides is 1. The maximum atomic E-state index is 11.5. The van der Waals surface area contributed by atoms with Gasteiger partial charge in [0.05, 0.1) is 0 Å². The summed E-state index contributed by atoms with van der Waals surface area (Å²) < 4.78 is 0. The van der Waals surface area contributed by atoms with Crippen molar-refractivity contribution in [1.82, 2.24) is 25.5 Å². The van der Waals surface area contributed by atoms with Gasteiger partial charge in [-0.05, 0) is 6.07 Å². The summed E-state index contributed by atoms with van der Waals surface area (Å²) in [4.78, 5) is 28.8. The van der Waals surface area contributed by atoms with Crippen LogP contribution in [-0.2, 0) is 4.79 Å². The third-order valence-electron chi connectivity index (χ3n) is 3.86. The van der Waals surface area contributed by atoms with Crippen LogP contribution >= 0.6 is 0 Å². The average Bonchev–Trinajstić information content (AvgIpc) is 2.62. The summed E-state index contributed by atoms with van der Waals surface area (Å²) >= 11 is 0. The Balaban J connectivity index is 1.74. The van der Waals surface area contributed by atoms with Gasteiger partial charge in [0.25, 0.3) is 0 Å². The van der Waals surface area contributed by atoms with Crippen LogP contribution in [0.15, 0.2) is 23.5 Å². The Kier molecular flexibility index (Phi) is 6.77. The molecule has 0 bridgehead atoms. The lowest BCUT2D eigenvalue weighted by Gasteiger charge is -2.36. The van der Waals surface area contributed by atoms with Crippen molar-refractivity contribution in [3.63, 3.8) is 0 Å². The van der Waals surface area contributed by atoms with E-state index in [0.29, 0.717) is 13.1 Å². The predicted molar refractivity (Wildman–Crippen MR) is 95.0 cm³/mol. The Labute approximate surface area is 143 Å². The van der Waals surface area contributed by atoms with Crippen LogP contribution in [0.25, 0.3) is 0 Å². The molecule has 1 fully saturated rings. The normalized spacial score (nSPS) is 15.6. The van der Waals surface area contributed by atoms with E-state index in [9.17, 15) is 4.79 Å². The Bertz CT molecular complexity index is 539. The summed E-state index contributed by atoms with van der Waals surface area (Å²) in [5, 5.41) is 6.19. The zero-order chi connectivity index (χ0) is 17.4. The first-order valence-electron chi connectivity index (χ1n) is 8.37.